The number of likely N-dealkylation sites (tertiary alicyclic amines) is 1. The van der Waals surface area contributed by atoms with Gasteiger partial charge in [0.1, 0.15) is 0 Å². The van der Waals surface area contributed by atoms with Crippen molar-refractivity contribution in [2.24, 2.45) is 5.92 Å². The van der Waals surface area contributed by atoms with E-state index in [-0.39, 0.29) is 30.2 Å². The van der Waals surface area contributed by atoms with Crippen LogP contribution < -0.4 is 10.6 Å². The minimum absolute atomic E-state index is 0.00792. The van der Waals surface area contributed by atoms with Crippen molar-refractivity contribution in [1.82, 2.24) is 15.5 Å². The highest BCUT2D eigenvalue weighted by Gasteiger charge is 2.28. The Morgan fingerprint density at radius 3 is 2.46 bits per heavy atom. The van der Waals surface area contributed by atoms with Crippen molar-refractivity contribution in [2.75, 3.05) is 26.2 Å². The Morgan fingerprint density at radius 1 is 1.00 bits per heavy atom. The Morgan fingerprint density at radius 2 is 1.71 bits per heavy atom. The summed E-state index contributed by atoms with van der Waals surface area (Å²) in [5.41, 5.74) is 0.702. The van der Waals surface area contributed by atoms with Gasteiger partial charge >= 0.3 is 0 Å². The molecule has 1 saturated heterocycles. The minimum Gasteiger partial charge on any atom is -0.355 e. The first-order valence-electron chi connectivity index (χ1n) is 9.91. The van der Waals surface area contributed by atoms with Gasteiger partial charge in [-0.1, -0.05) is 43.3 Å². The zero-order valence-electron chi connectivity index (χ0n) is 16.2. The molecule has 1 aliphatic heterocycles. The van der Waals surface area contributed by atoms with Crippen molar-refractivity contribution in [1.29, 1.82) is 0 Å². The van der Waals surface area contributed by atoms with Gasteiger partial charge in [0, 0.05) is 31.1 Å². The second kappa shape index (κ2) is 9.35. The van der Waals surface area contributed by atoms with Gasteiger partial charge in [-0.15, -0.1) is 0 Å². The first-order valence-corrected chi connectivity index (χ1v) is 9.91. The summed E-state index contributed by atoms with van der Waals surface area (Å²) in [6.45, 7) is 3.69. The van der Waals surface area contributed by atoms with E-state index in [1.807, 2.05) is 54.3 Å². The number of fused-ring (bicyclic) bond motifs is 1. The number of piperidine rings is 1. The zero-order valence-corrected chi connectivity index (χ0v) is 16.2. The van der Waals surface area contributed by atoms with Crippen LogP contribution in [0.15, 0.2) is 42.5 Å². The third-order valence-corrected chi connectivity index (χ3v) is 5.17. The van der Waals surface area contributed by atoms with Crippen LogP contribution in [0.5, 0.6) is 0 Å². The number of carbonyl (C=O) groups is 3. The van der Waals surface area contributed by atoms with Crippen LogP contribution >= 0.6 is 0 Å². The summed E-state index contributed by atoms with van der Waals surface area (Å²) in [6, 6.07) is 13.6. The van der Waals surface area contributed by atoms with E-state index >= 15 is 0 Å². The van der Waals surface area contributed by atoms with Crippen molar-refractivity contribution < 1.29 is 14.4 Å². The van der Waals surface area contributed by atoms with E-state index in [1.165, 1.54) is 0 Å². The molecular weight excluding hydrogens is 354 g/mol. The summed E-state index contributed by atoms with van der Waals surface area (Å²) in [5.74, 6) is -0.423. The smallest absolute Gasteiger partial charge is 0.254 e. The second-order valence-corrected chi connectivity index (χ2v) is 7.16. The summed E-state index contributed by atoms with van der Waals surface area (Å²) >= 11 is 0. The quantitative estimate of drug-likeness (QED) is 0.806. The monoisotopic (exact) mass is 381 g/mol. The zero-order chi connectivity index (χ0) is 19.9. The average molecular weight is 381 g/mol. The molecule has 0 radical (unpaired) electrons. The third-order valence-electron chi connectivity index (χ3n) is 5.17. The van der Waals surface area contributed by atoms with Crippen molar-refractivity contribution in [2.45, 2.75) is 26.2 Å². The number of hydrogen-bond donors (Lipinski definition) is 2. The molecule has 6 nitrogen and oxygen atoms in total. The molecule has 28 heavy (non-hydrogen) atoms. The van der Waals surface area contributed by atoms with Gasteiger partial charge in [0.15, 0.2) is 0 Å². The summed E-state index contributed by atoms with van der Waals surface area (Å²) in [6.07, 6.45) is 2.08. The van der Waals surface area contributed by atoms with E-state index in [0.717, 1.165) is 17.2 Å². The molecule has 1 fully saturated rings. The fourth-order valence-corrected chi connectivity index (χ4v) is 3.57. The van der Waals surface area contributed by atoms with Crippen LogP contribution in [0.25, 0.3) is 10.8 Å². The molecule has 2 aromatic carbocycles. The van der Waals surface area contributed by atoms with Crippen LogP contribution in [0.4, 0.5) is 0 Å². The molecule has 6 heteroatoms. The molecule has 1 aliphatic rings. The summed E-state index contributed by atoms with van der Waals surface area (Å²) < 4.78 is 0. The molecule has 1 heterocycles. The maximum Gasteiger partial charge on any atom is 0.254 e. The van der Waals surface area contributed by atoms with Gasteiger partial charge in [0.05, 0.1) is 6.54 Å². The molecule has 0 saturated carbocycles. The number of amides is 3. The fourth-order valence-electron chi connectivity index (χ4n) is 3.57. The first-order chi connectivity index (χ1) is 13.6. The van der Waals surface area contributed by atoms with Crippen molar-refractivity contribution in [3.8, 4) is 0 Å². The predicted octanol–water partition coefficient (Wildman–Crippen LogP) is 2.33. The van der Waals surface area contributed by atoms with Crippen LogP contribution in [0.3, 0.4) is 0 Å². The van der Waals surface area contributed by atoms with Crippen LogP contribution in [0.2, 0.25) is 0 Å². The van der Waals surface area contributed by atoms with Crippen LogP contribution in [0.1, 0.15) is 36.5 Å². The molecule has 2 N–H and O–H groups in total. The standard InChI is InChI=1S/C22H27N3O3/c1-2-12-23-20(26)15-24-21(27)17-10-13-25(14-11-17)22(28)19-9-5-7-16-6-3-4-8-18(16)19/h3-9,17H,2,10-15H2,1H3,(H,23,26)(H,24,27). The first kappa shape index (κ1) is 19.9. The molecule has 3 amide bonds. The Hall–Kier alpha value is -2.89. The number of nitrogens with one attached hydrogen (secondary N) is 2. The van der Waals surface area contributed by atoms with Gasteiger partial charge in [-0.05, 0) is 36.1 Å². The highest BCUT2D eigenvalue weighted by Crippen LogP contribution is 2.23. The molecule has 0 unspecified atom stereocenters. The SMILES string of the molecule is CCCNC(=O)CNC(=O)C1CCN(C(=O)c2cccc3ccccc23)CC1. The van der Waals surface area contributed by atoms with E-state index in [9.17, 15) is 14.4 Å². The molecule has 0 aromatic heterocycles. The highest BCUT2D eigenvalue weighted by atomic mass is 16.2. The molecule has 0 spiro atoms. The van der Waals surface area contributed by atoms with Gasteiger partial charge in [-0.2, -0.15) is 0 Å². The van der Waals surface area contributed by atoms with Crippen LogP contribution in [0, 0.1) is 5.92 Å². The lowest BCUT2D eigenvalue weighted by Crippen LogP contribution is -2.45. The molecule has 0 bridgehead atoms. The average Bonchev–Trinajstić information content (AvgIpc) is 2.75. The minimum atomic E-state index is -0.168. The van der Waals surface area contributed by atoms with Crippen LogP contribution in [-0.2, 0) is 9.59 Å². The summed E-state index contributed by atoms with van der Waals surface area (Å²) in [4.78, 5) is 38.7. The van der Waals surface area contributed by atoms with Crippen molar-refractivity contribution in [3.63, 3.8) is 0 Å². The van der Waals surface area contributed by atoms with Crippen molar-refractivity contribution in [3.05, 3.63) is 48.0 Å². The Balaban J connectivity index is 1.54. The van der Waals surface area contributed by atoms with Crippen molar-refractivity contribution >= 4 is 28.5 Å². The number of benzene rings is 2. The van der Waals surface area contributed by atoms with Gasteiger partial charge in [0.2, 0.25) is 11.8 Å². The van der Waals surface area contributed by atoms with E-state index < -0.39 is 0 Å². The Bertz CT molecular complexity index is 852. The molecule has 0 aliphatic carbocycles. The van der Waals surface area contributed by atoms with E-state index in [4.69, 9.17) is 0 Å². The number of rotatable bonds is 6. The van der Waals surface area contributed by atoms with Gasteiger partial charge in [-0.3, -0.25) is 14.4 Å². The van der Waals surface area contributed by atoms with E-state index in [2.05, 4.69) is 10.6 Å². The van der Waals surface area contributed by atoms with E-state index in [1.54, 1.807) is 0 Å². The Labute approximate surface area is 165 Å². The number of carbonyl (C=O) groups excluding carboxylic acids is 3. The molecule has 3 rings (SSSR count). The maximum atomic E-state index is 13.0. The fraction of sp³-hybridized carbons (Fsp3) is 0.409. The molecular formula is C22H27N3O3. The Kier molecular flexibility index (Phi) is 6.63. The molecule has 2 aromatic rings. The highest BCUT2D eigenvalue weighted by molar-refractivity contribution is 6.07. The largest absolute Gasteiger partial charge is 0.355 e. The lowest BCUT2D eigenvalue weighted by Gasteiger charge is -2.31. The predicted molar refractivity (Wildman–Crippen MR) is 109 cm³/mol. The number of hydrogen-bond acceptors (Lipinski definition) is 3. The summed E-state index contributed by atoms with van der Waals surface area (Å²) in [5, 5.41) is 7.44. The normalized spacial score (nSPS) is 14.7. The second-order valence-electron chi connectivity index (χ2n) is 7.16. The molecule has 148 valence electrons. The molecule has 0 atom stereocenters. The lowest BCUT2D eigenvalue weighted by atomic mass is 9.95. The van der Waals surface area contributed by atoms with Gasteiger partial charge in [0.25, 0.3) is 5.91 Å². The lowest BCUT2D eigenvalue weighted by molar-refractivity contribution is -0.129. The number of nitrogens with zero attached hydrogens (tertiary/aromatic N) is 1. The maximum absolute atomic E-state index is 13.0. The van der Waals surface area contributed by atoms with Gasteiger partial charge < -0.3 is 15.5 Å². The van der Waals surface area contributed by atoms with Gasteiger partial charge in [-0.25, -0.2) is 0 Å². The van der Waals surface area contributed by atoms with E-state index in [0.29, 0.717) is 38.0 Å². The topological polar surface area (TPSA) is 78.5 Å². The van der Waals surface area contributed by atoms with Crippen LogP contribution in [-0.4, -0.2) is 48.8 Å². The third kappa shape index (κ3) is 4.68. The summed E-state index contributed by atoms with van der Waals surface area (Å²) in [7, 11) is 0.